The highest BCUT2D eigenvalue weighted by Gasteiger charge is 2.40. The minimum absolute atomic E-state index is 0.0496. The van der Waals surface area contributed by atoms with Crippen LogP contribution in [-0.2, 0) is 16.8 Å². The summed E-state index contributed by atoms with van der Waals surface area (Å²) in [4.78, 5) is 16.4. The molecule has 1 amide bonds. The van der Waals surface area contributed by atoms with Crippen LogP contribution in [0.2, 0.25) is 5.02 Å². The van der Waals surface area contributed by atoms with Crippen molar-refractivity contribution in [3.8, 4) is 0 Å². The first-order chi connectivity index (χ1) is 11.1. The van der Waals surface area contributed by atoms with Crippen LogP contribution in [0.25, 0.3) is 10.9 Å². The van der Waals surface area contributed by atoms with E-state index in [1.165, 1.54) is 0 Å². The normalized spacial score (nSPS) is 20.8. The molecule has 0 saturated carbocycles. The zero-order valence-corrected chi connectivity index (χ0v) is 13.9. The van der Waals surface area contributed by atoms with Crippen LogP contribution >= 0.6 is 11.6 Å². The number of amides is 1. The molecule has 23 heavy (non-hydrogen) atoms. The van der Waals surface area contributed by atoms with Crippen LogP contribution in [-0.4, -0.2) is 30.5 Å². The highest BCUT2D eigenvalue weighted by molar-refractivity contribution is 6.35. The van der Waals surface area contributed by atoms with Crippen molar-refractivity contribution in [1.82, 2.24) is 15.6 Å². The van der Waals surface area contributed by atoms with E-state index < -0.39 is 5.54 Å². The molecule has 1 aliphatic rings. The maximum atomic E-state index is 11.8. The number of aromatic nitrogens is 1. The Morgan fingerprint density at radius 1 is 1.57 bits per heavy atom. The first-order valence-corrected chi connectivity index (χ1v) is 8.21. The summed E-state index contributed by atoms with van der Waals surface area (Å²) in [5, 5.41) is 8.09. The maximum absolute atomic E-state index is 11.8. The first-order valence-electron chi connectivity index (χ1n) is 7.83. The molecule has 0 aliphatic carbocycles. The molecule has 1 aromatic carbocycles. The zero-order chi connectivity index (χ0) is 16.4. The Morgan fingerprint density at radius 2 is 2.39 bits per heavy atom. The van der Waals surface area contributed by atoms with Crippen molar-refractivity contribution >= 4 is 28.4 Å². The Labute approximate surface area is 140 Å². The lowest BCUT2D eigenvalue weighted by Gasteiger charge is -2.33. The summed E-state index contributed by atoms with van der Waals surface area (Å²) in [6, 6.07) is 5.80. The molecule has 0 unspecified atom stereocenters. The Morgan fingerprint density at radius 3 is 3.04 bits per heavy atom. The summed E-state index contributed by atoms with van der Waals surface area (Å²) >= 11 is 6.44. The summed E-state index contributed by atoms with van der Waals surface area (Å²) in [6.07, 6.45) is 3.28. The lowest BCUT2D eigenvalue weighted by molar-refractivity contribution is -0.120. The van der Waals surface area contributed by atoms with Crippen molar-refractivity contribution in [1.29, 1.82) is 0 Å². The van der Waals surface area contributed by atoms with E-state index in [0.29, 0.717) is 24.5 Å². The largest absolute Gasteiger partial charge is 0.345 e. The predicted molar refractivity (Wildman–Crippen MR) is 92.5 cm³/mol. The Hall–Kier alpha value is -1.69. The molecular formula is C17H21ClN4O. The lowest BCUT2D eigenvalue weighted by atomic mass is 9.82. The monoisotopic (exact) mass is 332 g/mol. The van der Waals surface area contributed by atoms with E-state index in [-0.39, 0.29) is 5.91 Å². The SMILES string of the molecule is CC(=O)N[C@]1(c2c(CCN)cc(Cl)c3cccnc23)CCNC1. The fourth-order valence-electron chi connectivity index (χ4n) is 3.55. The number of hydrogen-bond acceptors (Lipinski definition) is 4. The summed E-state index contributed by atoms with van der Waals surface area (Å²) in [5.41, 5.74) is 8.28. The molecule has 2 heterocycles. The molecule has 122 valence electrons. The van der Waals surface area contributed by atoms with Gasteiger partial charge < -0.3 is 16.4 Å². The average molecular weight is 333 g/mol. The third-order valence-electron chi connectivity index (χ3n) is 4.39. The number of carbonyl (C=O) groups is 1. The average Bonchev–Trinajstić information content (AvgIpc) is 2.96. The number of carbonyl (C=O) groups excluding carboxylic acids is 1. The van der Waals surface area contributed by atoms with Gasteiger partial charge in [-0.05, 0) is 49.7 Å². The molecule has 1 saturated heterocycles. The second kappa shape index (κ2) is 6.43. The van der Waals surface area contributed by atoms with Crippen LogP contribution < -0.4 is 16.4 Å². The fraction of sp³-hybridized carbons (Fsp3) is 0.412. The molecule has 0 bridgehead atoms. The van der Waals surface area contributed by atoms with Gasteiger partial charge in [0.1, 0.15) is 0 Å². The number of benzene rings is 1. The third-order valence-corrected chi connectivity index (χ3v) is 4.70. The van der Waals surface area contributed by atoms with E-state index in [4.69, 9.17) is 17.3 Å². The molecule has 6 heteroatoms. The molecule has 0 radical (unpaired) electrons. The number of halogens is 1. The van der Waals surface area contributed by atoms with Gasteiger partial charge >= 0.3 is 0 Å². The van der Waals surface area contributed by atoms with Crippen LogP contribution in [0, 0.1) is 0 Å². The Kier molecular flexibility index (Phi) is 4.53. The van der Waals surface area contributed by atoms with E-state index in [1.807, 2.05) is 18.2 Å². The maximum Gasteiger partial charge on any atom is 0.217 e. The standard InChI is InChI=1S/C17H21ClN4O/c1-11(23)22-17(5-8-20-10-17)15-12(4-6-19)9-14(18)13-3-2-7-21-16(13)15/h2-3,7,9,20H,4-6,8,10,19H2,1H3,(H,22,23)/t17-/m1/s1. The van der Waals surface area contributed by atoms with Gasteiger partial charge in [0.2, 0.25) is 5.91 Å². The summed E-state index contributed by atoms with van der Waals surface area (Å²) < 4.78 is 0. The highest BCUT2D eigenvalue weighted by atomic mass is 35.5. The number of nitrogens with zero attached hydrogens (tertiary/aromatic N) is 1. The molecule has 1 atom stereocenters. The van der Waals surface area contributed by atoms with Crippen LogP contribution in [0.5, 0.6) is 0 Å². The van der Waals surface area contributed by atoms with Gasteiger partial charge in [0.25, 0.3) is 0 Å². The Bertz CT molecular complexity index is 741. The van der Waals surface area contributed by atoms with Gasteiger partial charge in [0.15, 0.2) is 0 Å². The van der Waals surface area contributed by atoms with E-state index in [0.717, 1.165) is 35.0 Å². The van der Waals surface area contributed by atoms with Crippen LogP contribution in [0.1, 0.15) is 24.5 Å². The molecule has 3 rings (SSSR count). The van der Waals surface area contributed by atoms with E-state index in [1.54, 1.807) is 13.1 Å². The van der Waals surface area contributed by atoms with E-state index in [9.17, 15) is 4.79 Å². The number of rotatable bonds is 4. The molecule has 2 aromatic rings. The topological polar surface area (TPSA) is 80.0 Å². The molecule has 1 fully saturated rings. The van der Waals surface area contributed by atoms with E-state index in [2.05, 4.69) is 15.6 Å². The fourth-order valence-corrected chi connectivity index (χ4v) is 3.83. The smallest absolute Gasteiger partial charge is 0.217 e. The molecule has 5 nitrogen and oxygen atoms in total. The van der Waals surface area contributed by atoms with Gasteiger partial charge in [-0.15, -0.1) is 0 Å². The van der Waals surface area contributed by atoms with Crippen molar-refractivity contribution < 1.29 is 4.79 Å². The van der Waals surface area contributed by atoms with Crippen molar-refractivity contribution in [3.63, 3.8) is 0 Å². The van der Waals surface area contributed by atoms with Gasteiger partial charge in [-0.2, -0.15) is 0 Å². The molecule has 4 N–H and O–H groups in total. The molecular weight excluding hydrogens is 312 g/mol. The minimum atomic E-state index is -0.465. The van der Waals surface area contributed by atoms with E-state index >= 15 is 0 Å². The molecule has 1 aliphatic heterocycles. The summed E-state index contributed by atoms with van der Waals surface area (Å²) in [6.45, 7) is 3.59. The number of fused-ring (bicyclic) bond motifs is 1. The second-order valence-corrected chi connectivity index (χ2v) is 6.43. The molecule has 1 aromatic heterocycles. The van der Waals surface area contributed by atoms with Gasteiger partial charge in [-0.1, -0.05) is 11.6 Å². The van der Waals surface area contributed by atoms with Gasteiger partial charge in [-0.25, -0.2) is 0 Å². The van der Waals surface area contributed by atoms with Gasteiger partial charge in [0, 0.05) is 30.6 Å². The predicted octanol–water partition coefficient (Wildman–Crippen LogP) is 1.71. The van der Waals surface area contributed by atoms with Crippen molar-refractivity contribution in [2.45, 2.75) is 25.3 Å². The quantitative estimate of drug-likeness (QED) is 0.796. The summed E-state index contributed by atoms with van der Waals surface area (Å²) in [5.74, 6) is -0.0496. The number of hydrogen-bond donors (Lipinski definition) is 3. The Balaban J connectivity index is 2.30. The van der Waals surface area contributed by atoms with Crippen LogP contribution in [0.15, 0.2) is 24.4 Å². The third kappa shape index (κ3) is 2.92. The number of nitrogens with one attached hydrogen (secondary N) is 2. The highest BCUT2D eigenvalue weighted by Crippen LogP contribution is 2.38. The first kappa shape index (κ1) is 16.2. The van der Waals surface area contributed by atoms with Crippen molar-refractivity contribution in [3.05, 3.63) is 40.5 Å². The minimum Gasteiger partial charge on any atom is -0.345 e. The van der Waals surface area contributed by atoms with Crippen molar-refractivity contribution in [2.24, 2.45) is 5.73 Å². The zero-order valence-electron chi connectivity index (χ0n) is 13.2. The lowest BCUT2D eigenvalue weighted by Crippen LogP contribution is -2.47. The molecule has 0 spiro atoms. The van der Waals surface area contributed by atoms with Gasteiger partial charge in [-0.3, -0.25) is 9.78 Å². The summed E-state index contributed by atoms with van der Waals surface area (Å²) in [7, 11) is 0. The van der Waals surface area contributed by atoms with Crippen molar-refractivity contribution in [2.75, 3.05) is 19.6 Å². The number of pyridine rings is 1. The van der Waals surface area contributed by atoms with Crippen LogP contribution in [0.4, 0.5) is 0 Å². The number of nitrogens with two attached hydrogens (primary N) is 1. The van der Waals surface area contributed by atoms with Crippen LogP contribution in [0.3, 0.4) is 0 Å². The van der Waals surface area contributed by atoms with Gasteiger partial charge in [0.05, 0.1) is 16.1 Å². The second-order valence-electron chi connectivity index (χ2n) is 6.02.